The molecule has 1 N–H and O–H groups in total. The van der Waals surface area contributed by atoms with Crippen LogP contribution in [0.15, 0.2) is 29.0 Å². The second-order valence-electron chi connectivity index (χ2n) is 3.17. The lowest BCUT2D eigenvalue weighted by Gasteiger charge is -2.04. The Kier molecular flexibility index (Phi) is 2.82. The number of fused-ring (bicyclic) bond motifs is 1. The van der Waals surface area contributed by atoms with E-state index in [-0.39, 0.29) is 5.82 Å². The van der Waals surface area contributed by atoms with E-state index in [2.05, 4.69) is 20.9 Å². The number of imidazole rings is 1. The van der Waals surface area contributed by atoms with E-state index in [1.165, 1.54) is 10.6 Å². The van der Waals surface area contributed by atoms with Crippen LogP contribution in [-0.4, -0.2) is 21.5 Å². The molecule has 0 radical (unpaired) electrons. The molecule has 17 heavy (non-hydrogen) atoms. The molecule has 0 aliphatic heterocycles. The van der Waals surface area contributed by atoms with Gasteiger partial charge in [-0.25, -0.2) is 4.98 Å². The largest absolute Gasteiger partial charge is 0.471 e. The first-order valence-corrected chi connectivity index (χ1v) is 5.18. The molecule has 0 saturated heterocycles. The molecule has 1 amide bonds. The summed E-state index contributed by atoms with van der Waals surface area (Å²) in [5.41, 5.74) is 0.421. The third kappa shape index (κ3) is 2.41. The molecule has 90 valence electrons. The van der Waals surface area contributed by atoms with Gasteiger partial charge in [0, 0.05) is 6.20 Å². The number of pyridine rings is 1. The minimum atomic E-state index is -4.92. The minimum absolute atomic E-state index is 0.153. The predicted octanol–water partition coefficient (Wildman–Crippen LogP) is 2.60. The molecule has 0 unspecified atom stereocenters. The molecule has 8 heteroatoms. The number of nitrogens with zero attached hydrogens (tertiary/aromatic N) is 2. The van der Waals surface area contributed by atoms with Crippen molar-refractivity contribution in [1.82, 2.24) is 9.38 Å². The maximum atomic E-state index is 12.0. The monoisotopic (exact) mass is 307 g/mol. The highest BCUT2D eigenvalue weighted by atomic mass is 79.9. The number of anilines is 1. The highest BCUT2D eigenvalue weighted by molar-refractivity contribution is 9.10. The van der Waals surface area contributed by atoms with Crippen molar-refractivity contribution in [2.75, 3.05) is 5.32 Å². The van der Waals surface area contributed by atoms with E-state index < -0.39 is 12.1 Å². The van der Waals surface area contributed by atoms with Crippen molar-refractivity contribution < 1.29 is 18.0 Å². The fourth-order valence-electron chi connectivity index (χ4n) is 1.23. The van der Waals surface area contributed by atoms with Crippen molar-refractivity contribution in [3.8, 4) is 0 Å². The molecular formula is C9H5BrF3N3O. The molecule has 2 heterocycles. The highest BCUT2D eigenvalue weighted by Crippen LogP contribution is 2.21. The number of rotatable bonds is 1. The first-order valence-electron chi connectivity index (χ1n) is 4.39. The average Bonchev–Trinajstić information content (AvgIpc) is 2.60. The van der Waals surface area contributed by atoms with Gasteiger partial charge in [0.2, 0.25) is 0 Å². The Morgan fingerprint density at radius 2 is 2.18 bits per heavy atom. The zero-order valence-electron chi connectivity index (χ0n) is 8.12. The quantitative estimate of drug-likeness (QED) is 0.880. The van der Waals surface area contributed by atoms with Crippen LogP contribution >= 0.6 is 15.9 Å². The Morgan fingerprint density at radius 3 is 2.76 bits per heavy atom. The fourth-order valence-corrected chi connectivity index (χ4v) is 1.67. The van der Waals surface area contributed by atoms with Crippen molar-refractivity contribution in [3.05, 3.63) is 29.0 Å². The number of carbonyl (C=O) groups excluding carboxylic acids is 1. The van der Waals surface area contributed by atoms with Gasteiger partial charge in [0.25, 0.3) is 0 Å². The number of nitrogens with one attached hydrogen (secondary N) is 1. The normalized spacial score (nSPS) is 11.8. The van der Waals surface area contributed by atoms with Crippen LogP contribution in [0.2, 0.25) is 0 Å². The number of hydrogen-bond donors (Lipinski definition) is 1. The number of halogens is 4. The van der Waals surface area contributed by atoms with Gasteiger partial charge in [-0.05, 0) is 28.1 Å². The highest BCUT2D eigenvalue weighted by Gasteiger charge is 2.39. The number of alkyl halides is 3. The van der Waals surface area contributed by atoms with Gasteiger partial charge in [0.05, 0.1) is 10.7 Å². The lowest BCUT2D eigenvalue weighted by atomic mass is 10.5. The number of hydrogen-bond acceptors (Lipinski definition) is 2. The van der Waals surface area contributed by atoms with Gasteiger partial charge in [-0.1, -0.05) is 0 Å². The van der Waals surface area contributed by atoms with Crippen molar-refractivity contribution in [3.63, 3.8) is 0 Å². The van der Waals surface area contributed by atoms with Crippen LogP contribution in [0.5, 0.6) is 0 Å². The van der Waals surface area contributed by atoms with Crippen LogP contribution in [0.3, 0.4) is 0 Å². The first-order chi connectivity index (χ1) is 7.88. The fraction of sp³-hybridized carbons (Fsp3) is 0.111. The topological polar surface area (TPSA) is 46.4 Å². The van der Waals surface area contributed by atoms with Crippen molar-refractivity contribution in [2.45, 2.75) is 6.18 Å². The molecular weight excluding hydrogens is 303 g/mol. The second kappa shape index (κ2) is 4.02. The van der Waals surface area contributed by atoms with Gasteiger partial charge < -0.3 is 9.72 Å². The summed E-state index contributed by atoms with van der Waals surface area (Å²) in [6.45, 7) is 0. The van der Waals surface area contributed by atoms with Gasteiger partial charge >= 0.3 is 12.1 Å². The molecule has 2 rings (SSSR count). The summed E-state index contributed by atoms with van der Waals surface area (Å²) in [5.74, 6) is -2.20. The summed E-state index contributed by atoms with van der Waals surface area (Å²) in [6.07, 6.45) is -2.02. The van der Waals surface area contributed by atoms with E-state index >= 15 is 0 Å². The summed E-state index contributed by atoms with van der Waals surface area (Å²) in [7, 11) is 0. The van der Waals surface area contributed by atoms with Crippen LogP contribution in [0.25, 0.3) is 5.65 Å². The maximum Gasteiger partial charge on any atom is 0.471 e. The zero-order valence-corrected chi connectivity index (χ0v) is 9.71. The number of aromatic nitrogens is 2. The van der Waals surface area contributed by atoms with Crippen LogP contribution in [0.4, 0.5) is 19.0 Å². The SMILES string of the molecule is O=C(Nc1cn2cccc(Br)c2n1)C(F)(F)F. The molecule has 4 nitrogen and oxygen atoms in total. The summed E-state index contributed by atoms with van der Waals surface area (Å²) in [6, 6.07) is 3.38. The lowest BCUT2D eigenvalue weighted by Crippen LogP contribution is -2.30. The Bertz CT molecular complexity index is 578. The maximum absolute atomic E-state index is 12.0. The van der Waals surface area contributed by atoms with E-state index in [0.717, 1.165) is 0 Å². The van der Waals surface area contributed by atoms with E-state index in [1.54, 1.807) is 23.6 Å². The Labute approximate surface area is 102 Å². The first kappa shape index (κ1) is 11.9. The molecule has 0 aromatic carbocycles. The third-order valence-electron chi connectivity index (χ3n) is 1.93. The van der Waals surface area contributed by atoms with Crippen molar-refractivity contribution in [2.24, 2.45) is 0 Å². The lowest BCUT2D eigenvalue weighted by molar-refractivity contribution is -0.167. The van der Waals surface area contributed by atoms with E-state index in [0.29, 0.717) is 10.1 Å². The smallest absolute Gasteiger partial charge is 0.304 e. The van der Waals surface area contributed by atoms with E-state index in [1.807, 2.05) is 0 Å². The second-order valence-corrected chi connectivity index (χ2v) is 4.02. The zero-order chi connectivity index (χ0) is 12.6. The molecule has 0 aliphatic rings. The molecule has 0 atom stereocenters. The molecule has 0 saturated carbocycles. The van der Waals surface area contributed by atoms with Gasteiger partial charge in [-0.15, -0.1) is 0 Å². The van der Waals surface area contributed by atoms with Gasteiger partial charge in [-0.3, -0.25) is 4.79 Å². The average molecular weight is 308 g/mol. The van der Waals surface area contributed by atoms with Crippen molar-refractivity contribution >= 4 is 33.3 Å². The molecule has 2 aromatic heterocycles. The summed E-state index contributed by atoms with van der Waals surface area (Å²) < 4.78 is 38.2. The number of carbonyl (C=O) groups is 1. The standard InChI is InChI=1S/C9H5BrF3N3O/c10-5-2-1-3-16-4-6(14-7(5)16)15-8(17)9(11,12)13/h1-4H,(H,15,17). The van der Waals surface area contributed by atoms with Crippen LogP contribution in [0.1, 0.15) is 0 Å². The number of amides is 1. The third-order valence-corrected chi connectivity index (χ3v) is 2.55. The van der Waals surface area contributed by atoms with Gasteiger partial charge in [0.15, 0.2) is 11.5 Å². The Balaban J connectivity index is 2.32. The van der Waals surface area contributed by atoms with Crippen molar-refractivity contribution in [1.29, 1.82) is 0 Å². The van der Waals surface area contributed by atoms with E-state index in [4.69, 9.17) is 0 Å². The predicted molar refractivity (Wildman–Crippen MR) is 57.6 cm³/mol. The molecule has 0 fully saturated rings. The Morgan fingerprint density at radius 1 is 1.47 bits per heavy atom. The van der Waals surface area contributed by atoms with Gasteiger partial charge in [0.1, 0.15) is 0 Å². The Hall–Kier alpha value is -1.57. The summed E-state index contributed by atoms with van der Waals surface area (Å²) in [4.78, 5) is 14.5. The van der Waals surface area contributed by atoms with Crippen LogP contribution in [-0.2, 0) is 4.79 Å². The molecule has 0 bridgehead atoms. The molecule has 0 aliphatic carbocycles. The van der Waals surface area contributed by atoms with Crippen LogP contribution in [0, 0.1) is 0 Å². The van der Waals surface area contributed by atoms with Gasteiger partial charge in [-0.2, -0.15) is 13.2 Å². The minimum Gasteiger partial charge on any atom is -0.304 e. The molecule has 0 spiro atoms. The van der Waals surface area contributed by atoms with E-state index in [9.17, 15) is 18.0 Å². The van der Waals surface area contributed by atoms with Crippen LogP contribution < -0.4 is 5.32 Å². The summed E-state index contributed by atoms with van der Waals surface area (Å²) >= 11 is 3.20. The summed E-state index contributed by atoms with van der Waals surface area (Å²) in [5, 5.41) is 1.68. The molecule has 2 aromatic rings.